The molecule has 0 bridgehead atoms. The molecule has 0 spiro atoms. The molecular weight excluding hydrogens is 364 g/mol. The molecule has 21 heavy (non-hydrogen) atoms. The van der Waals surface area contributed by atoms with Gasteiger partial charge in [0, 0.05) is 14.2 Å². The molecule has 5 heteroatoms. The molecule has 0 aliphatic carbocycles. The third-order valence-corrected chi connectivity index (χ3v) is 10.2. The van der Waals surface area contributed by atoms with Crippen LogP contribution in [0.5, 0.6) is 0 Å². The van der Waals surface area contributed by atoms with Crippen molar-refractivity contribution in [1.82, 2.24) is 0 Å². The number of hydrogen-bond acceptors (Lipinski definition) is 2. The van der Waals surface area contributed by atoms with Crippen LogP contribution in [-0.4, -0.2) is 47.0 Å². The Morgan fingerprint density at radius 1 is 0.857 bits per heavy atom. The van der Waals surface area contributed by atoms with E-state index in [9.17, 15) is 0 Å². The summed E-state index contributed by atoms with van der Waals surface area (Å²) < 4.78 is 10.8. The van der Waals surface area contributed by atoms with Crippen LogP contribution >= 0.6 is 0 Å². The number of ether oxygens (including phenoxy) is 2. The van der Waals surface area contributed by atoms with Crippen LogP contribution in [0.4, 0.5) is 0 Å². The maximum atomic E-state index is 5.41. The molecule has 0 aromatic rings. The van der Waals surface area contributed by atoms with Crippen molar-refractivity contribution < 1.29 is 26.5 Å². The minimum atomic E-state index is -0.291. The van der Waals surface area contributed by atoms with Crippen molar-refractivity contribution in [2.75, 3.05) is 26.7 Å². The molecule has 0 aromatic carbocycles. The van der Waals surface area contributed by atoms with Crippen molar-refractivity contribution in [3.63, 3.8) is 0 Å². The summed E-state index contributed by atoms with van der Waals surface area (Å²) >= 11 is 0. The Hall–Kier alpha value is 0.967. The van der Waals surface area contributed by atoms with Crippen molar-refractivity contribution in [1.29, 1.82) is 0 Å². The molecule has 0 rings (SSSR count). The van der Waals surface area contributed by atoms with Crippen LogP contribution in [0.1, 0.15) is 64.7 Å². The predicted octanol–water partition coefficient (Wildman–Crippen LogP) is 0.470. The normalized spacial score (nSPS) is 13.3. The predicted molar refractivity (Wildman–Crippen MR) is 96.6 cm³/mol. The van der Waals surface area contributed by atoms with Crippen LogP contribution in [0.15, 0.2) is 0 Å². The zero-order chi connectivity index (χ0) is 15.2. The number of methoxy groups -OCH3 is 2. The highest BCUT2D eigenvalue weighted by atomic mass is 79.9. The second-order valence-electron chi connectivity index (χ2n) is 5.90. The van der Waals surface area contributed by atoms with Gasteiger partial charge in [-0.15, -0.1) is 0 Å². The van der Waals surface area contributed by atoms with Crippen LogP contribution in [-0.2, 0) is 20.4 Å². The minimum absolute atomic E-state index is 0. The first-order valence-corrected chi connectivity index (χ1v) is 12.0. The minimum Gasteiger partial charge on any atom is -1.00 e. The van der Waals surface area contributed by atoms with E-state index in [2.05, 4.69) is 19.4 Å². The maximum absolute atomic E-state index is 5.41. The molecule has 0 N–H and O–H groups in total. The van der Waals surface area contributed by atoms with Gasteiger partial charge in [0.2, 0.25) is 0 Å². The fraction of sp³-hybridized carbons (Fsp3) is 1.00. The summed E-state index contributed by atoms with van der Waals surface area (Å²) in [5.74, 6) is 0.115. The van der Waals surface area contributed by atoms with Gasteiger partial charge >= 0.3 is 0 Å². The maximum Gasteiger partial charge on any atom is 0.152 e. The zero-order valence-corrected chi connectivity index (χ0v) is 18.6. The van der Waals surface area contributed by atoms with E-state index >= 15 is 0 Å². The molecule has 0 aliphatic rings. The van der Waals surface area contributed by atoms with E-state index in [4.69, 9.17) is 9.47 Å². The fourth-order valence-electron chi connectivity index (χ4n) is 2.56. The molecule has 0 fully saturated rings. The fourth-order valence-corrected chi connectivity index (χ4v) is 6.54. The first-order valence-electron chi connectivity index (χ1n) is 8.27. The van der Waals surface area contributed by atoms with Gasteiger partial charge in [-0.2, -0.15) is 0 Å². The van der Waals surface area contributed by atoms with E-state index in [-0.39, 0.29) is 32.4 Å². The smallest absolute Gasteiger partial charge is 0.152 e. The van der Waals surface area contributed by atoms with Gasteiger partial charge in [-0.1, -0.05) is 51.9 Å². The Kier molecular flexibility index (Phi) is 20.0. The van der Waals surface area contributed by atoms with Crippen LogP contribution in [0.25, 0.3) is 0 Å². The summed E-state index contributed by atoms with van der Waals surface area (Å²) in [7, 11) is 3.77. The Bertz CT molecular complexity index is 205. The van der Waals surface area contributed by atoms with Crippen LogP contribution < -0.4 is 17.0 Å². The summed E-state index contributed by atoms with van der Waals surface area (Å²) in [4.78, 5) is 0.889. The lowest BCUT2D eigenvalue weighted by Gasteiger charge is -2.18. The number of halogens is 1. The third kappa shape index (κ3) is 14.3. The zero-order valence-electron chi connectivity index (χ0n) is 14.8. The highest BCUT2D eigenvalue weighted by Crippen LogP contribution is 2.14. The van der Waals surface area contributed by atoms with E-state index in [0.717, 1.165) is 4.87 Å². The largest absolute Gasteiger partial charge is 1.00 e. The van der Waals surface area contributed by atoms with Crippen LogP contribution in [0.3, 0.4) is 0 Å². The third-order valence-electron chi connectivity index (χ3n) is 4.03. The van der Waals surface area contributed by atoms with Gasteiger partial charge in [0.1, 0.15) is 10.8 Å². The van der Waals surface area contributed by atoms with E-state index in [1.54, 1.807) is 14.2 Å². The highest BCUT2D eigenvalue weighted by molar-refractivity contribution is 7.97. The van der Waals surface area contributed by atoms with Gasteiger partial charge in [-0.3, -0.25) is 0 Å². The van der Waals surface area contributed by atoms with E-state index in [1.807, 2.05) is 0 Å². The Morgan fingerprint density at radius 2 is 1.33 bits per heavy atom. The molecule has 2 nitrogen and oxygen atoms in total. The summed E-state index contributed by atoms with van der Waals surface area (Å²) in [6.45, 7) is 2.28. The lowest BCUT2D eigenvalue weighted by Crippen LogP contribution is -3.00. The number of hydrogen-bond donors (Lipinski definition) is 0. The SMILES string of the molecule is CCCCCCCCCCC([SiH2]C(OC)OC)[S+](C)C.[Br-]. The molecule has 0 amide bonds. The van der Waals surface area contributed by atoms with Gasteiger partial charge < -0.3 is 26.5 Å². The molecular formula is C16H37BrO2SSi. The first kappa shape index (κ1) is 24.2. The molecule has 0 aliphatic heterocycles. The molecule has 0 radical (unpaired) electrons. The average molecular weight is 402 g/mol. The van der Waals surface area contributed by atoms with Gasteiger partial charge in [-0.05, 0) is 23.7 Å². The first-order chi connectivity index (χ1) is 9.65. The standard InChI is InChI=1S/C16H37O2SSi.BrH/c1-6-7-8-9-10-11-12-13-14-15(19(4)5)20-16(17-2)18-3;/h15-16H,6-14,20H2,1-5H3;1H/q+1;/p-1. The van der Waals surface area contributed by atoms with Gasteiger partial charge in [0.25, 0.3) is 0 Å². The van der Waals surface area contributed by atoms with Crippen molar-refractivity contribution >= 4 is 20.4 Å². The van der Waals surface area contributed by atoms with Crippen molar-refractivity contribution in [2.45, 2.75) is 75.5 Å². The monoisotopic (exact) mass is 400 g/mol. The van der Waals surface area contributed by atoms with Gasteiger partial charge in [-0.25, -0.2) is 0 Å². The van der Waals surface area contributed by atoms with Crippen molar-refractivity contribution in [3.8, 4) is 0 Å². The van der Waals surface area contributed by atoms with Gasteiger partial charge in [0.15, 0.2) is 9.52 Å². The van der Waals surface area contributed by atoms with E-state index < -0.39 is 0 Å². The molecule has 0 aromatic heterocycles. The average Bonchev–Trinajstić information content (AvgIpc) is 2.44. The molecule has 0 saturated carbocycles. The molecule has 0 heterocycles. The molecule has 1 unspecified atom stereocenters. The summed E-state index contributed by atoms with van der Waals surface area (Å²) in [6.07, 6.45) is 17.5. The van der Waals surface area contributed by atoms with Crippen LogP contribution in [0, 0.1) is 0 Å². The number of unbranched alkanes of at least 4 members (excludes halogenated alkanes) is 7. The van der Waals surface area contributed by atoms with Crippen LogP contribution in [0.2, 0.25) is 0 Å². The van der Waals surface area contributed by atoms with Crippen molar-refractivity contribution in [3.05, 3.63) is 0 Å². The highest BCUT2D eigenvalue weighted by Gasteiger charge is 2.26. The summed E-state index contributed by atoms with van der Waals surface area (Å²) in [6, 6.07) is 0. The lowest BCUT2D eigenvalue weighted by molar-refractivity contribution is -0.0443. The second-order valence-corrected chi connectivity index (χ2v) is 11.0. The second kappa shape index (κ2) is 17.3. The van der Waals surface area contributed by atoms with E-state index in [1.165, 1.54) is 57.8 Å². The summed E-state index contributed by atoms with van der Waals surface area (Å²) in [5, 5.41) is 0. The Labute approximate surface area is 149 Å². The van der Waals surface area contributed by atoms with Crippen molar-refractivity contribution in [2.24, 2.45) is 0 Å². The molecule has 130 valence electrons. The Morgan fingerprint density at radius 3 is 1.76 bits per heavy atom. The Balaban J connectivity index is 0. The lowest BCUT2D eigenvalue weighted by atomic mass is 10.1. The quantitative estimate of drug-likeness (QED) is 0.182. The molecule has 1 atom stereocenters. The topological polar surface area (TPSA) is 18.5 Å². The molecule has 0 saturated heterocycles. The van der Waals surface area contributed by atoms with Gasteiger partial charge in [0.05, 0.1) is 12.5 Å². The number of rotatable bonds is 14. The summed E-state index contributed by atoms with van der Waals surface area (Å²) in [5.41, 5.74) is 0. The van der Waals surface area contributed by atoms with E-state index in [0.29, 0.717) is 10.9 Å².